The molecule has 0 spiro atoms. The number of carboxylic acid groups (broad SMARTS) is 1. The summed E-state index contributed by atoms with van der Waals surface area (Å²) in [6, 6.07) is 0. The van der Waals surface area contributed by atoms with Crippen LogP contribution < -0.4 is 5.32 Å². The van der Waals surface area contributed by atoms with Crippen molar-refractivity contribution in [3.63, 3.8) is 0 Å². The van der Waals surface area contributed by atoms with Crippen LogP contribution in [0.25, 0.3) is 0 Å². The highest BCUT2D eigenvalue weighted by Crippen LogP contribution is 2.23. The van der Waals surface area contributed by atoms with Crippen LogP contribution in [-0.2, 0) is 16.6 Å². The van der Waals surface area contributed by atoms with Crippen molar-refractivity contribution in [1.82, 2.24) is 10.3 Å². The van der Waals surface area contributed by atoms with E-state index in [1.165, 1.54) is 0 Å². The van der Waals surface area contributed by atoms with Gasteiger partial charge >= 0.3 is 5.97 Å². The van der Waals surface area contributed by atoms with Crippen LogP contribution >= 0.6 is 11.3 Å². The van der Waals surface area contributed by atoms with E-state index in [2.05, 4.69) is 36.5 Å². The van der Waals surface area contributed by atoms with Crippen LogP contribution in [0.4, 0.5) is 0 Å². The van der Waals surface area contributed by atoms with Gasteiger partial charge in [-0.15, -0.1) is 11.3 Å². The number of hydrogen-bond acceptors (Lipinski definition) is 4. The number of aliphatic carboxylic acids is 1. The lowest BCUT2D eigenvalue weighted by Gasteiger charge is -2.14. The minimum atomic E-state index is -0.730. The number of nitrogens with one attached hydrogen (secondary N) is 1. The molecule has 2 N–H and O–H groups in total. The third-order valence-electron chi connectivity index (χ3n) is 2.58. The van der Waals surface area contributed by atoms with Crippen molar-refractivity contribution in [2.45, 2.75) is 45.4 Å². The monoisotopic (exact) mass is 270 g/mol. The van der Waals surface area contributed by atoms with Crippen molar-refractivity contribution in [2.75, 3.05) is 13.1 Å². The molecule has 0 aliphatic carbocycles. The molecule has 0 aromatic carbocycles. The number of nitrogens with zero attached hydrogens (tertiary/aromatic N) is 1. The quantitative estimate of drug-likeness (QED) is 0.747. The molecular formula is C13H22N2O2S. The Balaban J connectivity index is 2.20. The van der Waals surface area contributed by atoms with E-state index in [1.807, 2.05) is 0 Å². The molecule has 0 fully saturated rings. The van der Waals surface area contributed by atoms with Gasteiger partial charge in [0.25, 0.3) is 0 Å². The van der Waals surface area contributed by atoms with Crippen LogP contribution in [0.15, 0.2) is 5.38 Å². The number of carboxylic acids is 1. The third kappa shape index (κ3) is 5.60. The molecule has 5 heteroatoms. The van der Waals surface area contributed by atoms with Crippen LogP contribution in [0.3, 0.4) is 0 Å². The lowest BCUT2D eigenvalue weighted by Crippen LogP contribution is -2.19. The van der Waals surface area contributed by atoms with E-state index in [9.17, 15) is 4.79 Å². The van der Waals surface area contributed by atoms with Gasteiger partial charge in [0.15, 0.2) is 0 Å². The minimum absolute atomic E-state index is 0.115. The molecule has 0 saturated carbocycles. The van der Waals surface area contributed by atoms with Crippen LogP contribution in [0.5, 0.6) is 0 Å². The van der Waals surface area contributed by atoms with Crippen molar-refractivity contribution in [2.24, 2.45) is 0 Å². The first-order valence-corrected chi connectivity index (χ1v) is 7.15. The molecule has 0 unspecified atom stereocenters. The fourth-order valence-corrected chi connectivity index (χ4v) is 2.48. The maximum absolute atomic E-state index is 10.3. The lowest BCUT2D eigenvalue weighted by atomic mass is 9.93. The second-order valence-electron chi connectivity index (χ2n) is 5.37. The standard InChI is InChI=1S/C13H22N2O2S/c1-13(2,3)10-9-18-11(15-10)6-8-14-7-4-5-12(16)17/h9,14H,4-8H2,1-3H3,(H,16,17). The summed E-state index contributed by atoms with van der Waals surface area (Å²) in [7, 11) is 0. The average molecular weight is 270 g/mol. The number of hydrogen-bond donors (Lipinski definition) is 2. The van der Waals surface area contributed by atoms with Crippen LogP contribution in [0.2, 0.25) is 0 Å². The summed E-state index contributed by atoms with van der Waals surface area (Å²) in [6.07, 6.45) is 1.83. The van der Waals surface area contributed by atoms with Crippen molar-refractivity contribution < 1.29 is 9.90 Å². The number of rotatable bonds is 7. The second-order valence-corrected chi connectivity index (χ2v) is 6.32. The van der Waals surface area contributed by atoms with Gasteiger partial charge in [0, 0.05) is 30.2 Å². The first kappa shape index (κ1) is 15.1. The fraction of sp³-hybridized carbons (Fsp3) is 0.692. The van der Waals surface area contributed by atoms with Gasteiger partial charge < -0.3 is 10.4 Å². The first-order chi connectivity index (χ1) is 8.39. The van der Waals surface area contributed by atoms with Crippen molar-refractivity contribution in [1.29, 1.82) is 0 Å². The van der Waals surface area contributed by atoms with E-state index in [4.69, 9.17) is 5.11 Å². The van der Waals surface area contributed by atoms with E-state index in [-0.39, 0.29) is 11.8 Å². The Morgan fingerprint density at radius 2 is 2.17 bits per heavy atom. The second kappa shape index (κ2) is 6.85. The minimum Gasteiger partial charge on any atom is -0.481 e. The van der Waals surface area contributed by atoms with Crippen molar-refractivity contribution >= 4 is 17.3 Å². The van der Waals surface area contributed by atoms with Gasteiger partial charge in [-0.05, 0) is 13.0 Å². The third-order valence-corrected chi connectivity index (χ3v) is 3.49. The molecule has 1 aromatic heterocycles. The smallest absolute Gasteiger partial charge is 0.303 e. The number of carbonyl (C=O) groups is 1. The molecule has 0 saturated heterocycles. The topological polar surface area (TPSA) is 62.2 Å². The predicted molar refractivity (Wildman–Crippen MR) is 74.3 cm³/mol. The van der Waals surface area contributed by atoms with E-state index in [0.717, 1.165) is 30.2 Å². The molecule has 0 aliphatic rings. The van der Waals surface area contributed by atoms with Crippen molar-refractivity contribution in [3.05, 3.63) is 16.1 Å². The van der Waals surface area contributed by atoms with Gasteiger partial charge in [-0.3, -0.25) is 4.79 Å². The van der Waals surface area contributed by atoms with Crippen molar-refractivity contribution in [3.8, 4) is 0 Å². The highest BCUT2D eigenvalue weighted by Gasteiger charge is 2.16. The SMILES string of the molecule is CC(C)(C)c1csc(CCNCCCC(=O)O)n1. The predicted octanol–water partition coefficient (Wildman–Crippen LogP) is 2.44. The maximum Gasteiger partial charge on any atom is 0.303 e. The Morgan fingerprint density at radius 1 is 1.44 bits per heavy atom. The Kier molecular flexibility index (Phi) is 5.75. The molecule has 0 atom stereocenters. The van der Waals surface area contributed by atoms with Gasteiger partial charge in [0.2, 0.25) is 0 Å². The van der Waals surface area contributed by atoms with E-state index in [1.54, 1.807) is 11.3 Å². The summed E-state index contributed by atoms with van der Waals surface area (Å²) < 4.78 is 0. The molecule has 18 heavy (non-hydrogen) atoms. The Morgan fingerprint density at radius 3 is 2.72 bits per heavy atom. The summed E-state index contributed by atoms with van der Waals surface area (Å²) in [5, 5.41) is 15.0. The van der Waals surface area contributed by atoms with Gasteiger partial charge in [-0.2, -0.15) is 0 Å². The highest BCUT2D eigenvalue weighted by molar-refractivity contribution is 7.09. The molecule has 102 valence electrons. The van der Waals surface area contributed by atoms with Crippen LogP contribution in [0.1, 0.15) is 44.3 Å². The maximum atomic E-state index is 10.3. The molecule has 1 heterocycles. The van der Waals surface area contributed by atoms with E-state index < -0.39 is 5.97 Å². The Bertz CT molecular complexity index is 383. The summed E-state index contributed by atoms with van der Waals surface area (Å²) in [6.45, 7) is 8.10. The Labute approximate surface area is 112 Å². The molecule has 0 amide bonds. The molecule has 0 aliphatic heterocycles. The zero-order valence-electron chi connectivity index (χ0n) is 11.3. The molecule has 0 bridgehead atoms. The van der Waals surface area contributed by atoms with Gasteiger partial charge in [-0.25, -0.2) is 4.98 Å². The fourth-order valence-electron chi connectivity index (χ4n) is 1.46. The zero-order valence-corrected chi connectivity index (χ0v) is 12.1. The average Bonchev–Trinajstić information content (AvgIpc) is 2.71. The van der Waals surface area contributed by atoms with E-state index in [0.29, 0.717) is 6.42 Å². The summed E-state index contributed by atoms with van der Waals surface area (Å²) in [5.74, 6) is -0.730. The first-order valence-electron chi connectivity index (χ1n) is 6.27. The largest absolute Gasteiger partial charge is 0.481 e. The normalized spacial score (nSPS) is 11.7. The van der Waals surface area contributed by atoms with Gasteiger partial charge in [-0.1, -0.05) is 20.8 Å². The molecule has 4 nitrogen and oxygen atoms in total. The molecular weight excluding hydrogens is 248 g/mol. The zero-order chi connectivity index (χ0) is 13.6. The van der Waals surface area contributed by atoms with Crippen LogP contribution in [-0.4, -0.2) is 29.1 Å². The lowest BCUT2D eigenvalue weighted by molar-refractivity contribution is -0.137. The Hall–Kier alpha value is -0.940. The summed E-state index contributed by atoms with van der Waals surface area (Å²) >= 11 is 1.70. The van der Waals surface area contributed by atoms with Gasteiger partial charge in [0.05, 0.1) is 10.7 Å². The summed E-state index contributed by atoms with van der Waals surface area (Å²) in [4.78, 5) is 14.9. The molecule has 1 aromatic rings. The molecule has 0 radical (unpaired) electrons. The number of aromatic nitrogens is 1. The highest BCUT2D eigenvalue weighted by atomic mass is 32.1. The summed E-state index contributed by atoms with van der Waals surface area (Å²) in [5.41, 5.74) is 1.26. The van der Waals surface area contributed by atoms with Gasteiger partial charge in [0.1, 0.15) is 0 Å². The van der Waals surface area contributed by atoms with E-state index >= 15 is 0 Å². The number of thiazole rings is 1. The van der Waals surface area contributed by atoms with Crippen LogP contribution in [0, 0.1) is 0 Å². The molecule has 1 rings (SSSR count).